The van der Waals surface area contributed by atoms with E-state index in [-0.39, 0.29) is 17.7 Å². The number of carbonyl (C=O) groups excluding carboxylic acids is 3. The molecule has 10 nitrogen and oxygen atoms in total. The lowest BCUT2D eigenvalue weighted by Crippen LogP contribution is -2.35. The SMILES string of the molecule is COc1ccc(C(=O)Nc2cc(C(=O)N3CCCNCC3)ccc2N2CCCN(C(=O)c3ccccc3)CC2)cc1OC. The van der Waals surface area contributed by atoms with E-state index in [0.717, 1.165) is 31.6 Å². The summed E-state index contributed by atoms with van der Waals surface area (Å²) >= 11 is 0. The van der Waals surface area contributed by atoms with Crippen LogP contribution in [0.25, 0.3) is 0 Å². The quantitative estimate of drug-likeness (QED) is 0.436. The summed E-state index contributed by atoms with van der Waals surface area (Å²) in [5, 5.41) is 6.39. The van der Waals surface area contributed by atoms with Crippen LogP contribution < -0.4 is 25.0 Å². The first-order valence-electron chi connectivity index (χ1n) is 14.7. The summed E-state index contributed by atoms with van der Waals surface area (Å²) in [4.78, 5) is 46.1. The van der Waals surface area contributed by atoms with Gasteiger partial charge in [0.05, 0.1) is 25.6 Å². The minimum atomic E-state index is -0.332. The highest BCUT2D eigenvalue weighted by Crippen LogP contribution is 2.32. The number of rotatable bonds is 7. The Morgan fingerprint density at radius 1 is 0.674 bits per heavy atom. The van der Waals surface area contributed by atoms with Gasteiger partial charge in [0, 0.05) is 62.5 Å². The molecule has 2 saturated heterocycles. The molecule has 43 heavy (non-hydrogen) atoms. The number of hydrogen-bond acceptors (Lipinski definition) is 7. The zero-order valence-electron chi connectivity index (χ0n) is 24.8. The number of nitrogens with zero attached hydrogens (tertiary/aromatic N) is 3. The van der Waals surface area contributed by atoms with Crippen molar-refractivity contribution in [2.75, 3.05) is 76.8 Å². The number of amides is 3. The molecule has 0 aliphatic carbocycles. The summed E-state index contributed by atoms with van der Waals surface area (Å²) in [6, 6.07) is 19.8. The lowest BCUT2D eigenvalue weighted by molar-refractivity contribution is 0.0759. The van der Waals surface area contributed by atoms with E-state index in [1.807, 2.05) is 52.3 Å². The van der Waals surface area contributed by atoms with Gasteiger partial charge >= 0.3 is 0 Å². The maximum absolute atomic E-state index is 13.5. The molecule has 5 rings (SSSR count). The van der Waals surface area contributed by atoms with E-state index in [0.29, 0.717) is 73.1 Å². The van der Waals surface area contributed by atoms with E-state index in [4.69, 9.17) is 9.47 Å². The molecule has 0 spiro atoms. The summed E-state index contributed by atoms with van der Waals surface area (Å²) in [7, 11) is 3.07. The molecular formula is C33H39N5O5. The van der Waals surface area contributed by atoms with E-state index in [1.165, 1.54) is 7.11 Å². The second-order valence-electron chi connectivity index (χ2n) is 10.7. The molecule has 0 aromatic heterocycles. The van der Waals surface area contributed by atoms with Crippen LogP contribution in [0.4, 0.5) is 11.4 Å². The molecule has 2 aliphatic heterocycles. The van der Waals surface area contributed by atoms with E-state index >= 15 is 0 Å². The summed E-state index contributed by atoms with van der Waals surface area (Å²) in [5.74, 6) is 0.592. The van der Waals surface area contributed by atoms with Crippen molar-refractivity contribution in [3.63, 3.8) is 0 Å². The molecule has 0 saturated carbocycles. The van der Waals surface area contributed by atoms with Gasteiger partial charge in [-0.1, -0.05) is 18.2 Å². The first kappa shape index (κ1) is 29.9. The van der Waals surface area contributed by atoms with Crippen LogP contribution in [0.2, 0.25) is 0 Å². The smallest absolute Gasteiger partial charge is 0.255 e. The fourth-order valence-corrected chi connectivity index (χ4v) is 5.57. The Morgan fingerprint density at radius 2 is 1.40 bits per heavy atom. The van der Waals surface area contributed by atoms with E-state index in [2.05, 4.69) is 15.5 Å². The predicted molar refractivity (Wildman–Crippen MR) is 167 cm³/mol. The molecule has 3 amide bonds. The zero-order valence-corrected chi connectivity index (χ0v) is 24.8. The normalized spacial score (nSPS) is 15.7. The number of ether oxygens (including phenoxy) is 2. The highest BCUT2D eigenvalue weighted by atomic mass is 16.5. The minimum Gasteiger partial charge on any atom is -0.493 e. The van der Waals surface area contributed by atoms with Crippen LogP contribution >= 0.6 is 0 Å². The van der Waals surface area contributed by atoms with E-state index in [9.17, 15) is 14.4 Å². The molecule has 10 heteroatoms. The van der Waals surface area contributed by atoms with Gasteiger partial charge in [-0.2, -0.15) is 0 Å². The monoisotopic (exact) mass is 585 g/mol. The largest absolute Gasteiger partial charge is 0.493 e. The van der Waals surface area contributed by atoms with Crippen LogP contribution in [0, 0.1) is 0 Å². The molecule has 0 radical (unpaired) electrons. The van der Waals surface area contributed by atoms with Crippen LogP contribution in [0.3, 0.4) is 0 Å². The van der Waals surface area contributed by atoms with Gasteiger partial charge in [-0.05, 0) is 67.9 Å². The van der Waals surface area contributed by atoms with Crippen LogP contribution in [0.5, 0.6) is 11.5 Å². The lowest BCUT2D eigenvalue weighted by Gasteiger charge is -2.27. The van der Waals surface area contributed by atoms with Crippen molar-refractivity contribution in [1.29, 1.82) is 0 Å². The topological polar surface area (TPSA) is 103 Å². The maximum Gasteiger partial charge on any atom is 0.255 e. The Bertz CT molecular complexity index is 1440. The first-order chi connectivity index (χ1) is 21.0. The maximum atomic E-state index is 13.5. The Kier molecular flexibility index (Phi) is 9.78. The van der Waals surface area contributed by atoms with Gasteiger partial charge in [0.1, 0.15) is 0 Å². The van der Waals surface area contributed by atoms with Crippen molar-refractivity contribution >= 4 is 29.1 Å². The van der Waals surface area contributed by atoms with Crippen molar-refractivity contribution in [1.82, 2.24) is 15.1 Å². The number of nitrogens with one attached hydrogen (secondary N) is 2. The molecule has 2 N–H and O–H groups in total. The highest BCUT2D eigenvalue weighted by Gasteiger charge is 2.24. The first-order valence-corrected chi connectivity index (χ1v) is 14.7. The number of hydrogen-bond donors (Lipinski definition) is 2. The molecule has 226 valence electrons. The molecule has 0 unspecified atom stereocenters. The second-order valence-corrected chi connectivity index (χ2v) is 10.7. The van der Waals surface area contributed by atoms with Gasteiger partial charge in [0.2, 0.25) is 0 Å². The van der Waals surface area contributed by atoms with Crippen LogP contribution in [0.1, 0.15) is 43.9 Å². The van der Waals surface area contributed by atoms with Gasteiger partial charge in [-0.15, -0.1) is 0 Å². The van der Waals surface area contributed by atoms with Crippen molar-refractivity contribution in [2.24, 2.45) is 0 Å². The average molecular weight is 586 g/mol. The summed E-state index contributed by atoms with van der Waals surface area (Å²) in [6.07, 6.45) is 1.65. The fourth-order valence-electron chi connectivity index (χ4n) is 5.57. The molecule has 2 fully saturated rings. The molecule has 2 aliphatic rings. The van der Waals surface area contributed by atoms with E-state index < -0.39 is 0 Å². The number of anilines is 2. The standard InChI is InChI=1S/C33H39N5O5/c1-42-29-13-11-25(23-30(29)43-2)31(39)35-27-22-26(33(41)37-16-6-14-34-15-19-37)10-12-28(27)36-17-7-18-38(21-20-36)32(40)24-8-4-3-5-9-24/h3-5,8-13,22-23,34H,6-7,14-21H2,1-2H3,(H,35,39). The Morgan fingerprint density at radius 3 is 2.19 bits per heavy atom. The number of benzene rings is 3. The fraction of sp³-hybridized carbons (Fsp3) is 0.364. The Balaban J connectivity index is 1.41. The molecule has 0 atom stereocenters. The molecule has 3 aromatic rings. The van der Waals surface area contributed by atoms with E-state index in [1.54, 1.807) is 31.4 Å². The zero-order chi connectivity index (χ0) is 30.2. The Labute approximate surface area is 252 Å². The van der Waals surface area contributed by atoms with Crippen molar-refractivity contribution in [3.05, 3.63) is 83.4 Å². The van der Waals surface area contributed by atoms with Crippen LogP contribution in [0.15, 0.2) is 66.7 Å². The molecule has 0 bridgehead atoms. The van der Waals surface area contributed by atoms with Crippen LogP contribution in [-0.4, -0.2) is 94.1 Å². The molecule has 2 heterocycles. The number of carbonyl (C=O) groups is 3. The van der Waals surface area contributed by atoms with Gasteiger partial charge in [-0.25, -0.2) is 0 Å². The molecular weight excluding hydrogens is 546 g/mol. The summed E-state index contributed by atoms with van der Waals surface area (Å²) in [5.41, 5.74) is 2.93. The summed E-state index contributed by atoms with van der Waals surface area (Å²) < 4.78 is 10.7. The van der Waals surface area contributed by atoms with Gasteiger partial charge in [0.15, 0.2) is 11.5 Å². The van der Waals surface area contributed by atoms with Gasteiger partial charge in [-0.3, -0.25) is 14.4 Å². The summed E-state index contributed by atoms with van der Waals surface area (Å²) in [6.45, 7) is 5.40. The van der Waals surface area contributed by atoms with Crippen molar-refractivity contribution in [2.45, 2.75) is 12.8 Å². The number of methoxy groups -OCH3 is 2. The third-order valence-electron chi connectivity index (χ3n) is 7.91. The van der Waals surface area contributed by atoms with Gasteiger partial charge in [0.25, 0.3) is 17.7 Å². The Hall–Kier alpha value is -4.57. The van der Waals surface area contributed by atoms with Crippen molar-refractivity contribution < 1.29 is 23.9 Å². The predicted octanol–water partition coefficient (Wildman–Crippen LogP) is 3.74. The lowest BCUT2D eigenvalue weighted by atomic mass is 10.1. The second kappa shape index (κ2) is 14.1. The van der Waals surface area contributed by atoms with Crippen LogP contribution in [-0.2, 0) is 0 Å². The highest BCUT2D eigenvalue weighted by molar-refractivity contribution is 6.07. The average Bonchev–Trinajstić information content (AvgIpc) is 3.48. The third kappa shape index (κ3) is 7.09. The van der Waals surface area contributed by atoms with Gasteiger partial charge < -0.3 is 34.8 Å². The van der Waals surface area contributed by atoms with Crippen molar-refractivity contribution in [3.8, 4) is 11.5 Å². The minimum absolute atomic E-state index is 0.0114. The molecule has 3 aromatic carbocycles. The third-order valence-corrected chi connectivity index (χ3v) is 7.91.